The molecule has 1 aliphatic heterocycles. The number of rotatable bonds is 2. The average molecular weight is 690 g/mol. The van der Waals surface area contributed by atoms with Gasteiger partial charge in [0.05, 0.1) is 68.1 Å². The normalized spacial score (nSPS) is 15.2. The molecule has 0 fully saturated rings. The number of para-hydroxylation sites is 5. The second kappa shape index (κ2) is 10.5. The van der Waals surface area contributed by atoms with Crippen LogP contribution < -0.4 is 4.74 Å². The Labute approximate surface area is 309 Å². The fourth-order valence-corrected chi connectivity index (χ4v) is 9.40. The van der Waals surface area contributed by atoms with Crippen molar-refractivity contribution in [3.05, 3.63) is 192 Å². The van der Waals surface area contributed by atoms with E-state index < -0.39 is 5.41 Å². The first-order chi connectivity index (χ1) is 26.8. The second-order valence-corrected chi connectivity index (χ2v) is 14.1. The van der Waals surface area contributed by atoms with Gasteiger partial charge in [-0.05, 0) is 66.2 Å². The Balaban J connectivity index is 1.20. The van der Waals surface area contributed by atoms with Gasteiger partial charge in [-0.2, -0.15) is 5.26 Å². The molecule has 1 unspecified atom stereocenters. The molecule has 0 amide bonds. The third-order valence-corrected chi connectivity index (χ3v) is 11.5. The monoisotopic (exact) mass is 689 g/mol. The number of fused-ring (bicyclic) bond motifs is 15. The number of benzene rings is 6. The molecular formula is C48H27N5O. The number of nitrogens with zero attached hydrogens (tertiary/aromatic N) is 5. The molecule has 1 atom stereocenters. The number of ether oxygens (including phenoxy) is 1. The van der Waals surface area contributed by atoms with Crippen LogP contribution in [0.2, 0.25) is 0 Å². The molecule has 2 aliphatic rings. The van der Waals surface area contributed by atoms with Gasteiger partial charge in [0, 0.05) is 44.4 Å². The first-order valence-electron chi connectivity index (χ1n) is 18.0. The van der Waals surface area contributed by atoms with Crippen LogP contribution in [0.4, 0.5) is 0 Å². The van der Waals surface area contributed by atoms with Gasteiger partial charge in [0.1, 0.15) is 5.75 Å². The lowest BCUT2D eigenvalue weighted by Crippen LogP contribution is -2.32. The van der Waals surface area contributed by atoms with E-state index in [0.29, 0.717) is 5.56 Å². The molecular weight excluding hydrogens is 663 g/mol. The van der Waals surface area contributed by atoms with Crippen molar-refractivity contribution in [3.8, 4) is 40.3 Å². The van der Waals surface area contributed by atoms with Crippen molar-refractivity contribution >= 4 is 43.6 Å². The van der Waals surface area contributed by atoms with E-state index in [1.807, 2.05) is 42.7 Å². The van der Waals surface area contributed by atoms with Crippen molar-refractivity contribution in [2.45, 2.75) is 5.41 Å². The Morgan fingerprint density at radius 3 is 1.93 bits per heavy atom. The molecule has 10 aromatic rings. The highest BCUT2D eigenvalue weighted by Crippen LogP contribution is 2.62. The first kappa shape index (κ1) is 29.1. The van der Waals surface area contributed by atoms with Crippen LogP contribution in [-0.4, -0.2) is 19.1 Å². The molecule has 4 aromatic heterocycles. The Morgan fingerprint density at radius 2 is 1.15 bits per heavy atom. The summed E-state index contributed by atoms with van der Waals surface area (Å²) in [4.78, 5) is 10.3. The van der Waals surface area contributed by atoms with Gasteiger partial charge in [0.25, 0.3) is 0 Å². The van der Waals surface area contributed by atoms with Crippen LogP contribution >= 0.6 is 0 Å². The molecule has 12 rings (SSSR count). The maximum atomic E-state index is 9.82. The van der Waals surface area contributed by atoms with Crippen molar-refractivity contribution in [3.63, 3.8) is 0 Å². The van der Waals surface area contributed by atoms with Gasteiger partial charge >= 0.3 is 0 Å². The number of aromatic nitrogens is 4. The van der Waals surface area contributed by atoms with Crippen LogP contribution in [0.5, 0.6) is 11.5 Å². The summed E-state index contributed by atoms with van der Waals surface area (Å²) in [6, 6.07) is 55.2. The van der Waals surface area contributed by atoms with E-state index in [-0.39, 0.29) is 0 Å². The molecule has 5 heterocycles. The van der Waals surface area contributed by atoms with Crippen LogP contribution in [0, 0.1) is 11.3 Å². The Hall–Kier alpha value is -7.49. The van der Waals surface area contributed by atoms with Crippen molar-refractivity contribution in [1.82, 2.24) is 19.1 Å². The smallest absolute Gasteiger partial charge is 0.156 e. The third-order valence-electron chi connectivity index (χ3n) is 11.5. The minimum atomic E-state index is -0.784. The molecule has 1 aliphatic carbocycles. The van der Waals surface area contributed by atoms with Crippen LogP contribution in [0.25, 0.3) is 66.4 Å². The van der Waals surface area contributed by atoms with Gasteiger partial charge in [-0.25, -0.2) is 0 Å². The van der Waals surface area contributed by atoms with E-state index >= 15 is 0 Å². The summed E-state index contributed by atoms with van der Waals surface area (Å²) in [5.74, 6) is 1.56. The molecule has 6 aromatic carbocycles. The lowest BCUT2D eigenvalue weighted by Gasteiger charge is -2.39. The van der Waals surface area contributed by atoms with E-state index in [4.69, 9.17) is 14.7 Å². The number of hydrogen-bond donors (Lipinski definition) is 0. The maximum Gasteiger partial charge on any atom is 0.156 e. The number of hydrogen-bond acceptors (Lipinski definition) is 4. The Morgan fingerprint density at radius 1 is 0.519 bits per heavy atom. The van der Waals surface area contributed by atoms with Crippen molar-refractivity contribution in [2.75, 3.05) is 0 Å². The molecule has 6 nitrogen and oxygen atoms in total. The standard InChI is InChI=1S/C48H27N5O/c49-27-29-22-23-42-34(25-29)33-13-3-7-19-41(33)53(42)43-20-9-15-37-47(43)54-44-21-8-4-14-35(44)48(37)36-16-10-24-50-45(36)46-38(48)26-30(28-51-46)52-39-17-5-1-11-31(39)32-12-2-6-18-40(32)52/h1-26,28H. The SMILES string of the molecule is N#Cc1ccc2c(c1)c1ccccc1n2-c1cccc2c1Oc1ccccc1C21c2cccnc2-c2ncc(-n3c4ccccc4c4ccccc43)cc21. The van der Waals surface area contributed by atoms with Gasteiger partial charge in [-0.1, -0.05) is 91.0 Å². The van der Waals surface area contributed by atoms with E-state index in [2.05, 4.69) is 137 Å². The molecule has 0 radical (unpaired) electrons. The van der Waals surface area contributed by atoms with E-state index in [1.54, 1.807) is 0 Å². The van der Waals surface area contributed by atoms with Crippen molar-refractivity contribution < 1.29 is 4.74 Å². The second-order valence-electron chi connectivity index (χ2n) is 14.1. The lowest BCUT2D eigenvalue weighted by atomic mass is 9.66. The predicted molar refractivity (Wildman–Crippen MR) is 213 cm³/mol. The number of nitriles is 1. The lowest BCUT2D eigenvalue weighted by molar-refractivity contribution is 0.434. The third kappa shape index (κ3) is 3.58. The summed E-state index contributed by atoms with van der Waals surface area (Å²) in [6.45, 7) is 0. The van der Waals surface area contributed by atoms with Crippen LogP contribution in [-0.2, 0) is 5.41 Å². The molecule has 6 heteroatoms. The maximum absolute atomic E-state index is 9.82. The molecule has 0 N–H and O–H groups in total. The molecule has 0 saturated heterocycles. The molecule has 0 bridgehead atoms. The molecule has 54 heavy (non-hydrogen) atoms. The summed E-state index contributed by atoms with van der Waals surface area (Å²) in [6.07, 6.45) is 3.85. The van der Waals surface area contributed by atoms with Crippen molar-refractivity contribution in [1.29, 1.82) is 5.26 Å². The summed E-state index contributed by atoms with van der Waals surface area (Å²) in [7, 11) is 0. The van der Waals surface area contributed by atoms with Gasteiger partial charge in [0.2, 0.25) is 0 Å². The van der Waals surface area contributed by atoms with Gasteiger partial charge in [-0.15, -0.1) is 0 Å². The highest BCUT2D eigenvalue weighted by molar-refractivity contribution is 6.11. The predicted octanol–water partition coefficient (Wildman–Crippen LogP) is 11.0. The molecule has 250 valence electrons. The quantitative estimate of drug-likeness (QED) is 0.181. The van der Waals surface area contributed by atoms with Crippen LogP contribution in [0.3, 0.4) is 0 Å². The zero-order valence-corrected chi connectivity index (χ0v) is 28.7. The molecule has 1 spiro atoms. The van der Waals surface area contributed by atoms with Gasteiger partial charge in [-0.3, -0.25) is 9.97 Å². The van der Waals surface area contributed by atoms with Crippen LogP contribution in [0.15, 0.2) is 164 Å². The minimum absolute atomic E-state index is 0.628. The summed E-state index contributed by atoms with van der Waals surface area (Å²) < 4.78 is 11.7. The zero-order chi connectivity index (χ0) is 35.5. The summed E-state index contributed by atoms with van der Waals surface area (Å²) in [5.41, 5.74) is 12.0. The largest absolute Gasteiger partial charge is 0.454 e. The molecule has 0 saturated carbocycles. The average Bonchev–Trinajstić information content (AvgIpc) is 3.85. The van der Waals surface area contributed by atoms with Crippen LogP contribution in [0.1, 0.15) is 27.8 Å². The van der Waals surface area contributed by atoms with Crippen molar-refractivity contribution in [2.24, 2.45) is 0 Å². The van der Waals surface area contributed by atoms with E-state index in [1.165, 1.54) is 10.8 Å². The minimum Gasteiger partial charge on any atom is -0.454 e. The van der Waals surface area contributed by atoms with Gasteiger partial charge < -0.3 is 13.9 Å². The van der Waals surface area contributed by atoms with E-state index in [9.17, 15) is 5.26 Å². The Bertz CT molecular complexity index is 3240. The fourth-order valence-electron chi connectivity index (χ4n) is 9.40. The Kier molecular flexibility index (Phi) is 5.68. The summed E-state index contributed by atoms with van der Waals surface area (Å²) in [5, 5.41) is 14.3. The van der Waals surface area contributed by atoms with E-state index in [0.717, 1.165) is 89.4 Å². The fraction of sp³-hybridized carbons (Fsp3) is 0.0208. The summed E-state index contributed by atoms with van der Waals surface area (Å²) >= 11 is 0. The topological polar surface area (TPSA) is 68.7 Å². The number of pyridine rings is 2. The highest BCUT2D eigenvalue weighted by Gasteiger charge is 2.53. The first-order valence-corrected chi connectivity index (χ1v) is 18.0. The zero-order valence-electron chi connectivity index (χ0n) is 28.7. The highest BCUT2D eigenvalue weighted by atomic mass is 16.5. The van der Waals surface area contributed by atoms with Gasteiger partial charge in [0.15, 0.2) is 5.75 Å².